The molecule has 2 heteroatoms. The fraction of sp³-hybridized carbons (Fsp3) is 0.800. The number of hydrogen-bond acceptors (Lipinski definition) is 2. The zero-order chi connectivity index (χ0) is 9.40. The SMILES string of the molecule is C=CCCNCC(O)CC(C)C. The van der Waals surface area contributed by atoms with Crippen molar-refractivity contribution < 1.29 is 5.11 Å². The topological polar surface area (TPSA) is 32.3 Å². The van der Waals surface area contributed by atoms with Crippen LogP contribution in [0.1, 0.15) is 26.7 Å². The second kappa shape index (κ2) is 7.32. The summed E-state index contributed by atoms with van der Waals surface area (Å²) in [6, 6.07) is 0. The van der Waals surface area contributed by atoms with Gasteiger partial charge < -0.3 is 10.4 Å². The van der Waals surface area contributed by atoms with Crippen LogP contribution < -0.4 is 5.32 Å². The molecule has 1 atom stereocenters. The Morgan fingerprint density at radius 2 is 2.17 bits per heavy atom. The van der Waals surface area contributed by atoms with Gasteiger partial charge in [-0.15, -0.1) is 6.58 Å². The van der Waals surface area contributed by atoms with Crippen molar-refractivity contribution >= 4 is 0 Å². The summed E-state index contributed by atoms with van der Waals surface area (Å²) >= 11 is 0. The van der Waals surface area contributed by atoms with E-state index in [2.05, 4.69) is 25.7 Å². The summed E-state index contributed by atoms with van der Waals surface area (Å²) in [5.74, 6) is 0.571. The molecule has 0 amide bonds. The maximum Gasteiger partial charge on any atom is 0.0667 e. The van der Waals surface area contributed by atoms with Gasteiger partial charge in [-0.25, -0.2) is 0 Å². The molecular weight excluding hydrogens is 150 g/mol. The van der Waals surface area contributed by atoms with E-state index >= 15 is 0 Å². The highest BCUT2D eigenvalue weighted by molar-refractivity contribution is 4.69. The summed E-state index contributed by atoms with van der Waals surface area (Å²) in [7, 11) is 0. The van der Waals surface area contributed by atoms with Crippen molar-refractivity contribution in [3.05, 3.63) is 12.7 Å². The number of aliphatic hydroxyl groups is 1. The van der Waals surface area contributed by atoms with Crippen LogP contribution in [0.4, 0.5) is 0 Å². The number of hydrogen-bond donors (Lipinski definition) is 2. The van der Waals surface area contributed by atoms with Gasteiger partial charge in [-0.1, -0.05) is 19.9 Å². The second-order valence-corrected chi connectivity index (χ2v) is 3.56. The van der Waals surface area contributed by atoms with Crippen molar-refractivity contribution in [2.75, 3.05) is 13.1 Å². The Bertz CT molecular complexity index is 112. The average Bonchev–Trinajstić information content (AvgIpc) is 1.97. The van der Waals surface area contributed by atoms with E-state index in [1.165, 1.54) is 0 Å². The van der Waals surface area contributed by atoms with Gasteiger partial charge >= 0.3 is 0 Å². The predicted molar refractivity (Wildman–Crippen MR) is 53.1 cm³/mol. The Kier molecular flexibility index (Phi) is 7.11. The molecule has 0 spiro atoms. The first-order valence-corrected chi connectivity index (χ1v) is 4.66. The largest absolute Gasteiger partial charge is 0.392 e. The van der Waals surface area contributed by atoms with Crippen LogP contribution in [0.2, 0.25) is 0 Å². The lowest BCUT2D eigenvalue weighted by Crippen LogP contribution is -2.28. The van der Waals surface area contributed by atoms with Crippen molar-refractivity contribution in [2.24, 2.45) is 5.92 Å². The summed E-state index contributed by atoms with van der Waals surface area (Å²) < 4.78 is 0. The molecule has 72 valence electrons. The van der Waals surface area contributed by atoms with Gasteiger partial charge in [0.1, 0.15) is 0 Å². The van der Waals surface area contributed by atoms with E-state index in [9.17, 15) is 5.11 Å². The standard InChI is InChI=1S/C10H21NO/c1-4-5-6-11-8-10(12)7-9(2)3/h4,9-12H,1,5-8H2,2-3H3. The molecule has 0 radical (unpaired) electrons. The summed E-state index contributed by atoms with van der Waals surface area (Å²) in [6.07, 6.45) is 3.52. The molecule has 0 aliphatic carbocycles. The quantitative estimate of drug-likeness (QED) is 0.450. The minimum atomic E-state index is -0.199. The van der Waals surface area contributed by atoms with Crippen LogP contribution in [0.5, 0.6) is 0 Å². The summed E-state index contributed by atoms with van der Waals surface area (Å²) in [6.45, 7) is 9.48. The molecule has 0 aromatic heterocycles. The first-order valence-electron chi connectivity index (χ1n) is 4.66. The normalized spacial score (nSPS) is 13.3. The number of aliphatic hydroxyl groups excluding tert-OH is 1. The smallest absolute Gasteiger partial charge is 0.0667 e. The molecule has 1 unspecified atom stereocenters. The lowest BCUT2D eigenvalue weighted by atomic mass is 10.1. The molecule has 0 saturated carbocycles. The summed E-state index contributed by atoms with van der Waals surface area (Å²) in [4.78, 5) is 0. The monoisotopic (exact) mass is 171 g/mol. The van der Waals surface area contributed by atoms with Gasteiger partial charge in [0.15, 0.2) is 0 Å². The van der Waals surface area contributed by atoms with Gasteiger partial charge in [-0.05, 0) is 25.3 Å². The molecule has 0 aromatic carbocycles. The third-order valence-corrected chi connectivity index (χ3v) is 1.65. The highest BCUT2D eigenvalue weighted by Gasteiger charge is 2.04. The van der Waals surface area contributed by atoms with Crippen molar-refractivity contribution in [2.45, 2.75) is 32.8 Å². The Hall–Kier alpha value is -0.340. The number of rotatable bonds is 7. The fourth-order valence-electron chi connectivity index (χ4n) is 1.10. The van der Waals surface area contributed by atoms with Crippen LogP contribution in [-0.4, -0.2) is 24.3 Å². The van der Waals surface area contributed by atoms with Gasteiger partial charge in [0.25, 0.3) is 0 Å². The van der Waals surface area contributed by atoms with Gasteiger partial charge in [-0.2, -0.15) is 0 Å². The molecule has 2 N–H and O–H groups in total. The summed E-state index contributed by atoms with van der Waals surface area (Å²) in [5, 5.41) is 12.6. The molecule has 2 nitrogen and oxygen atoms in total. The van der Waals surface area contributed by atoms with Crippen LogP contribution in [0.25, 0.3) is 0 Å². The van der Waals surface area contributed by atoms with E-state index in [1.807, 2.05) is 6.08 Å². The molecular formula is C10H21NO. The molecule has 0 saturated heterocycles. The van der Waals surface area contributed by atoms with Gasteiger partial charge in [0, 0.05) is 6.54 Å². The van der Waals surface area contributed by atoms with E-state index in [1.54, 1.807) is 0 Å². The second-order valence-electron chi connectivity index (χ2n) is 3.56. The molecule has 0 aromatic rings. The van der Waals surface area contributed by atoms with E-state index < -0.39 is 0 Å². The molecule has 0 heterocycles. The number of nitrogens with one attached hydrogen (secondary N) is 1. The molecule has 0 rings (SSSR count). The lowest BCUT2D eigenvalue weighted by molar-refractivity contribution is 0.147. The third-order valence-electron chi connectivity index (χ3n) is 1.65. The maximum atomic E-state index is 9.43. The Balaban J connectivity index is 3.19. The first kappa shape index (κ1) is 11.7. The van der Waals surface area contributed by atoms with Crippen molar-refractivity contribution in [1.29, 1.82) is 0 Å². The maximum absolute atomic E-state index is 9.43. The molecule has 0 bridgehead atoms. The van der Waals surface area contributed by atoms with Crippen molar-refractivity contribution in [3.63, 3.8) is 0 Å². The molecule has 12 heavy (non-hydrogen) atoms. The fourth-order valence-corrected chi connectivity index (χ4v) is 1.10. The molecule has 0 aliphatic heterocycles. The van der Waals surface area contributed by atoms with Crippen LogP contribution in [0, 0.1) is 5.92 Å². The van der Waals surface area contributed by atoms with Gasteiger partial charge in [0.2, 0.25) is 0 Å². The average molecular weight is 171 g/mol. The van der Waals surface area contributed by atoms with E-state index in [4.69, 9.17) is 0 Å². The Morgan fingerprint density at radius 1 is 1.50 bits per heavy atom. The highest BCUT2D eigenvalue weighted by Crippen LogP contribution is 2.02. The first-order chi connectivity index (χ1) is 5.66. The minimum Gasteiger partial charge on any atom is -0.392 e. The third kappa shape index (κ3) is 7.76. The Morgan fingerprint density at radius 3 is 2.67 bits per heavy atom. The minimum absolute atomic E-state index is 0.199. The predicted octanol–water partition coefficient (Wildman–Crippen LogP) is 1.56. The zero-order valence-corrected chi connectivity index (χ0v) is 8.21. The van der Waals surface area contributed by atoms with E-state index in [0.717, 1.165) is 19.4 Å². The zero-order valence-electron chi connectivity index (χ0n) is 8.21. The van der Waals surface area contributed by atoms with Crippen LogP contribution >= 0.6 is 0 Å². The Labute approximate surface area is 75.7 Å². The van der Waals surface area contributed by atoms with Crippen LogP contribution in [0.15, 0.2) is 12.7 Å². The molecule has 0 fully saturated rings. The van der Waals surface area contributed by atoms with E-state index in [-0.39, 0.29) is 6.10 Å². The van der Waals surface area contributed by atoms with E-state index in [0.29, 0.717) is 12.5 Å². The highest BCUT2D eigenvalue weighted by atomic mass is 16.3. The van der Waals surface area contributed by atoms with Crippen LogP contribution in [0.3, 0.4) is 0 Å². The summed E-state index contributed by atoms with van der Waals surface area (Å²) in [5.41, 5.74) is 0. The van der Waals surface area contributed by atoms with Gasteiger partial charge in [-0.3, -0.25) is 0 Å². The lowest BCUT2D eigenvalue weighted by Gasteiger charge is -2.13. The van der Waals surface area contributed by atoms with Crippen molar-refractivity contribution in [3.8, 4) is 0 Å². The van der Waals surface area contributed by atoms with Gasteiger partial charge in [0.05, 0.1) is 6.10 Å². The molecule has 0 aliphatic rings. The van der Waals surface area contributed by atoms with Crippen molar-refractivity contribution in [1.82, 2.24) is 5.32 Å². The van der Waals surface area contributed by atoms with Crippen LogP contribution in [-0.2, 0) is 0 Å².